The standard InChI is InChI=1S/C31H27F3N6O2S/c1-20(2)26-6-4-5-7-27(26)40-21(3)18-43-30(40)37-29(41)35-17-16-22-8-10-23(11-9-22)28-36-19-39(38-28)24-12-14-25(15-13-24)42-31(32,33)34/h4-20H,1-3H3,(H,35,41)/b17-16+,37-30?. The van der Waals surface area contributed by atoms with Gasteiger partial charge in [-0.05, 0) is 60.4 Å². The van der Waals surface area contributed by atoms with Crippen molar-refractivity contribution in [2.75, 3.05) is 0 Å². The summed E-state index contributed by atoms with van der Waals surface area (Å²) in [5.74, 6) is 0.438. The maximum Gasteiger partial charge on any atom is 0.573 e. The highest BCUT2D eigenvalue weighted by molar-refractivity contribution is 7.07. The summed E-state index contributed by atoms with van der Waals surface area (Å²) >= 11 is 1.40. The number of thiazole rings is 1. The number of benzene rings is 3. The summed E-state index contributed by atoms with van der Waals surface area (Å²) in [7, 11) is 0. The van der Waals surface area contributed by atoms with E-state index in [2.05, 4.69) is 45.0 Å². The summed E-state index contributed by atoms with van der Waals surface area (Å²) in [6, 6.07) is 20.3. The average Bonchev–Trinajstić information content (AvgIpc) is 3.60. The Morgan fingerprint density at radius 1 is 1.05 bits per heavy atom. The van der Waals surface area contributed by atoms with Crippen LogP contribution in [-0.4, -0.2) is 31.7 Å². The first-order chi connectivity index (χ1) is 20.6. The van der Waals surface area contributed by atoms with E-state index >= 15 is 0 Å². The van der Waals surface area contributed by atoms with Gasteiger partial charge in [0.15, 0.2) is 10.6 Å². The molecule has 5 rings (SSSR count). The summed E-state index contributed by atoms with van der Waals surface area (Å²) in [4.78, 5) is 21.8. The highest BCUT2D eigenvalue weighted by atomic mass is 32.1. The molecule has 0 saturated carbocycles. The van der Waals surface area contributed by atoms with E-state index < -0.39 is 12.4 Å². The van der Waals surface area contributed by atoms with Crippen LogP contribution in [0.2, 0.25) is 0 Å². The molecule has 43 heavy (non-hydrogen) atoms. The molecule has 2 heterocycles. The molecule has 1 N–H and O–H groups in total. The molecule has 0 aliphatic heterocycles. The van der Waals surface area contributed by atoms with Gasteiger partial charge in [0, 0.05) is 22.8 Å². The number of carbonyl (C=O) groups excluding carboxylic acids is 1. The minimum atomic E-state index is -4.75. The lowest BCUT2D eigenvalue weighted by atomic mass is 10.0. The number of halogens is 3. The van der Waals surface area contributed by atoms with Gasteiger partial charge in [-0.3, -0.25) is 4.57 Å². The molecule has 0 atom stereocenters. The number of para-hydroxylation sites is 1. The molecule has 12 heteroatoms. The molecule has 0 bridgehead atoms. The summed E-state index contributed by atoms with van der Waals surface area (Å²) in [6.45, 7) is 6.25. The number of amides is 2. The summed E-state index contributed by atoms with van der Waals surface area (Å²) in [5.41, 5.74) is 5.27. The second kappa shape index (κ2) is 12.5. The topological polar surface area (TPSA) is 86.3 Å². The largest absolute Gasteiger partial charge is 0.573 e. The first-order valence-corrected chi connectivity index (χ1v) is 14.1. The van der Waals surface area contributed by atoms with Crippen molar-refractivity contribution in [3.63, 3.8) is 0 Å². The zero-order chi connectivity index (χ0) is 30.6. The number of hydrogen-bond acceptors (Lipinski definition) is 5. The van der Waals surface area contributed by atoms with Gasteiger partial charge in [-0.15, -0.1) is 29.6 Å². The van der Waals surface area contributed by atoms with Crippen LogP contribution >= 0.6 is 11.3 Å². The molecule has 0 aliphatic carbocycles. The molecule has 2 amide bonds. The Kier molecular flexibility index (Phi) is 8.58. The SMILES string of the molecule is Cc1csc(=NC(=O)N/C=C/c2ccc(-c3ncn(-c4ccc(OC(F)(F)F)cc4)n3)cc2)n1-c1ccccc1C(C)C. The Morgan fingerprint density at radius 2 is 1.77 bits per heavy atom. The van der Waals surface area contributed by atoms with Crippen molar-refractivity contribution >= 4 is 23.4 Å². The minimum absolute atomic E-state index is 0.313. The van der Waals surface area contributed by atoms with Gasteiger partial charge in [0.1, 0.15) is 12.1 Å². The number of nitrogens with one attached hydrogen (secondary N) is 1. The van der Waals surface area contributed by atoms with Crippen molar-refractivity contribution in [1.29, 1.82) is 0 Å². The van der Waals surface area contributed by atoms with Gasteiger partial charge in [-0.1, -0.05) is 56.3 Å². The van der Waals surface area contributed by atoms with Crippen LogP contribution in [0.25, 0.3) is 28.8 Å². The lowest BCUT2D eigenvalue weighted by Crippen LogP contribution is -2.21. The van der Waals surface area contributed by atoms with Crippen LogP contribution in [0.15, 0.2) is 95.7 Å². The number of alkyl halides is 3. The van der Waals surface area contributed by atoms with Crippen LogP contribution in [0.1, 0.15) is 36.6 Å². The van der Waals surface area contributed by atoms with Crippen molar-refractivity contribution in [1.82, 2.24) is 24.6 Å². The molecule has 0 fully saturated rings. The Balaban J connectivity index is 1.24. The zero-order valence-electron chi connectivity index (χ0n) is 23.4. The third-order valence-corrected chi connectivity index (χ3v) is 7.30. The Labute approximate surface area is 249 Å². The van der Waals surface area contributed by atoms with E-state index in [-0.39, 0.29) is 5.75 Å². The summed E-state index contributed by atoms with van der Waals surface area (Å²) in [5, 5.41) is 9.08. The highest BCUT2D eigenvalue weighted by Crippen LogP contribution is 2.25. The van der Waals surface area contributed by atoms with E-state index in [4.69, 9.17) is 0 Å². The third kappa shape index (κ3) is 7.28. The van der Waals surface area contributed by atoms with E-state index in [0.29, 0.717) is 22.2 Å². The number of urea groups is 1. The van der Waals surface area contributed by atoms with Crippen LogP contribution in [0.3, 0.4) is 0 Å². The first kappa shape index (κ1) is 29.5. The molecular formula is C31H27F3N6O2S. The number of aromatic nitrogens is 4. The van der Waals surface area contributed by atoms with Crippen LogP contribution in [0.4, 0.5) is 18.0 Å². The van der Waals surface area contributed by atoms with Crippen molar-refractivity contribution in [2.24, 2.45) is 4.99 Å². The van der Waals surface area contributed by atoms with Crippen LogP contribution in [0, 0.1) is 6.92 Å². The molecule has 8 nitrogen and oxygen atoms in total. The van der Waals surface area contributed by atoms with Gasteiger partial charge < -0.3 is 10.1 Å². The van der Waals surface area contributed by atoms with Gasteiger partial charge in [0.2, 0.25) is 0 Å². The number of aryl methyl sites for hydroxylation is 1. The lowest BCUT2D eigenvalue weighted by Gasteiger charge is -2.14. The number of hydrogen-bond donors (Lipinski definition) is 1. The quantitative estimate of drug-likeness (QED) is 0.210. The second-order valence-electron chi connectivity index (χ2n) is 9.78. The second-order valence-corrected chi connectivity index (χ2v) is 10.6. The van der Waals surface area contributed by atoms with Gasteiger partial charge in [-0.2, -0.15) is 4.99 Å². The zero-order valence-corrected chi connectivity index (χ0v) is 24.2. The summed E-state index contributed by atoms with van der Waals surface area (Å²) < 4.78 is 44.5. The molecule has 3 aromatic carbocycles. The average molecular weight is 605 g/mol. The predicted octanol–water partition coefficient (Wildman–Crippen LogP) is 7.40. The molecule has 5 aromatic rings. The van der Waals surface area contributed by atoms with Crippen molar-refractivity contribution in [3.8, 4) is 28.5 Å². The van der Waals surface area contributed by atoms with E-state index in [9.17, 15) is 18.0 Å². The molecule has 0 saturated heterocycles. The number of carbonyl (C=O) groups is 1. The van der Waals surface area contributed by atoms with E-state index in [1.807, 2.05) is 59.3 Å². The maximum absolute atomic E-state index is 12.6. The molecular weight excluding hydrogens is 577 g/mol. The fraction of sp³-hybridized carbons (Fsp3) is 0.161. The Hall–Kier alpha value is -4.97. The van der Waals surface area contributed by atoms with Crippen LogP contribution in [-0.2, 0) is 0 Å². The van der Waals surface area contributed by atoms with Gasteiger partial charge in [-0.25, -0.2) is 14.5 Å². The number of nitrogens with zero attached hydrogens (tertiary/aromatic N) is 5. The van der Waals surface area contributed by atoms with E-state index in [1.165, 1.54) is 58.4 Å². The van der Waals surface area contributed by atoms with Crippen molar-refractivity contribution < 1.29 is 22.7 Å². The van der Waals surface area contributed by atoms with E-state index in [0.717, 1.165) is 22.5 Å². The number of ether oxygens (including phenoxy) is 1. The predicted molar refractivity (Wildman–Crippen MR) is 159 cm³/mol. The smallest absolute Gasteiger partial charge is 0.406 e. The Morgan fingerprint density at radius 3 is 2.47 bits per heavy atom. The first-order valence-electron chi connectivity index (χ1n) is 13.2. The third-order valence-electron chi connectivity index (χ3n) is 6.35. The highest BCUT2D eigenvalue weighted by Gasteiger charge is 2.31. The van der Waals surface area contributed by atoms with Crippen molar-refractivity contribution in [2.45, 2.75) is 33.1 Å². The molecule has 0 spiro atoms. The van der Waals surface area contributed by atoms with Gasteiger partial charge in [0.05, 0.1) is 11.4 Å². The molecule has 220 valence electrons. The monoisotopic (exact) mass is 604 g/mol. The molecule has 2 aromatic heterocycles. The van der Waals surface area contributed by atoms with Gasteiger partial charge >= 0.3 is 12.4 Å². The fourth-order valence-electron chi connectivity index (χ4n) is 4.33. The number of rotatable bonds is 7. The molecule has 0 unspecified atom stereocenters. The van der Waals surface area contributed by atoms with Crippen molar-refractivity contribution in [3.05, 3.63) is 112 Å². The lowest BCUT2D eigenvalue weighted by molar-refractivity contribution is -0.274. The normalized spacial score (nSPS) is 12.3. The van der Waals surface area contributed by atoms with Crippen LogP contribution in [0.5, 0.6) is 5.75 Å². The maximum atomic E-state index is 12.6. The van der Waals surface area contributed by atoms with Gasteiger partial charge in [0.25, 0.3) is 0 Å². The minimum Gasteiger partial charge on any atom is -0.406 e. The van der Waals surface area contributed by atoms with E-state index in [1.54, 1.807) is 6.08 Å². The summed E-state index contributed by atoms with van der Waals surface area (Å²) in [6.07, 6.45) is 0.00167. The molecule has 0 radical (unpaired) electrons. The fourth-order valence-corrected chi connectivity index (χ4v) is 5.20. The molecule has 0 aliphatic rings. The Bertz CT molecular complexity index is 1820. The van der Waals surface area contributed by atoms with Crippen LogP contribution < -0.4 is 14.9 Å².